The van der Waals surface area contributed by atoms with Gasteiger partial charge in [-0.05, 0) is 30.2 Å². The summed E-state index contributed by atoms with van der Waals surface area (Å²) in [5, 5.41) is 9.13. The molecule has 1 atom stereocenters. The van der Waals surface area contributed by atoms with Gasteiger partial charge in [-0.25, -0.2) is 4.98 Å². The van der Waals surface area contributed by atoms with Crippen molar-refractivity contribution in [1.29, 1.82) is 0 Å². The molecule has 1 aromatic heterocycles. The largest absolute Gasteiger partial charge is 0.484 e. The Labute approximate surface area is 135 Å². The van der Waals surface area contributed by atoms with Crippen LogP contribution in [0.15, 0.2) is 65.4 Å². The number of oxazole rings is 1. The number of aliphatic hydroxyl groups excluding tert-OH is 1. The average molecular weight is 309 g/mol. The molecule has 0 aliphatic heterocycles. The van der Waals surface area contributed by atoms with Gasteiger partial charge in [0.25, 0.3) is 0 Å². The molecule has 1 unspecified atom stereocenters. The number of nitrogens with zero attached hydrogens (tertiary/aromatic N) is 1. The highest BCUT2D eigenvalue weighted by Crippen LogP contribution is 2.27. The van der Waals surface area contributed by atoms with Gasteiger partial charge in [0.15, 0.2) is 6.39 Å². The molecule has 1 heterocycles. The van der Waals surface area contributed by atoms with Gasteiger partial charge in [0, 0.05) is 6.42 Å². The molecule has 0 saturated carbocycles. The Morgan fingerprint density at radius 3 is 2.39 bits per heavy atom. The van der Waals surface area contributed by atoms with Crippen molar-refractivity contribution in [3.05, 3.63) is 83.6 Å². The molecule has 2 aromatic carbocycles. The van der Waals surface area contributed by atoms with E-state index < -0.39 is 0 Å². The van der Waals surface area contributed by atoms with Gasteiger partial charge in [-0.15, -0.1) is 0 Å². The van der Waals surface area contributed by atoms with E-state index in [9.17, 15) is 0 Å². The number of aliphatic hydroxyl groups is 1. The first-order valence-corrected chi connectivity index (χ1v) is 7.56. The predicted octanol–water partition coefficient (Wildman–Crippen LogP) is 3.84. The summed E-state index contributed by atoms with van der Waals surface area (Å²) in [7, 11) is 0. The molecule has 0 fully saturated rings. The molecule has 0 radical (unpaired) electrons. The molecule has 4 heteroatoms. The van der Waals surface area contributed by atoms with Gasteiger partial charge in [-0.3, -0.25) is 0 Å². The first kappa shape index (κ1) is 15.3. The highest BCUT2D eigenvalue weighted by Gasteiger charge is 2.20. The summed E-state index contributed by atoms with van der Waals surface area (Å²) in [5.74, 6) is 1.50. The van der Waals surface area contributed by atoms with Crippen LogP contribution in [-0.4, -0.2) is 10.1 Å². The fourth-order valence-corrected chi connectivity index (χ4v) is 2.48. The predicted molar refractivity (Wildman–Crippen MR) is 87.1 cm³/mol. The Bertz CT molecular complexity index is 735. The zero-order valence-electron chi connectivity index (χ0n) is 13.0. The van der Waals surface area contributed by atoms with E-state index in [1.807, 2.05) is 49.4 Å². The Morgan fingerprint density at radius 1 is 1.04 bits per heavy atom. The molecule has 118 valence electrons. The summed E-state index contributed by atoms with van der Waals surface area (Å²) < 4.78 is 11.5. The summed E-state index contributed by atoms with van der Waals surface area (Å²) in [6.07, 6.45) is 1.92. The quantitative estimate of drug-likeness (QED) is 0.751. The average Bonchev–Trinajstić information content (AvgIpc) is 3.02. The van der Waals surface area contributed by atoms with Crippen molar-refractivity contribution >= 4 is 0 Å². The standard InChI is InChI=1S/C19H19NO3/c1-14-19(20-13-22-14)18(11-15-5-3-2-4-6-15)23-17-9-7-16(12-21)8-10-17/h2-10,13,18,21H,11-12H2,1H3. The van der Waals surface area contributed by atoms with Gasteiger partial charge in [-0.1, -0.05) is 42.5 Å². The number of hydrogen-bond donors (Lipinski definition) is 1. The van der Waals surface area contributed by atoms with E-state index in [4.69, 9.17) is 14.3 Å². The third kappa shape index (κ3) is 3.79. The van der Waals surface area contributed by atoms with E-state index in [-0.39, 0.29) is 12.7 Å². The number of aryl methyl sites for hydroxylation is 1. The summed E-state index contributed by atoms with van der Waals surface area (Å²) in [6, 6.07) is 17.6. The lowest BCUT2D eigenvalue weighted by atomic mass is 10.0. The summed E-state index contributed by atoms with van der Waals surface area (Å²) in [6.45, 7) is 1.91. The van der Waals surface area contributed by atoms with Crippen molar-refractivity contribution in [3.8, 4) is 5.75 Å². The lowest BCUT2D eigenvalue weighted by Gasteiger charge is -2.18. The van der Waals surface area contributed by atoms with E-state index in [1.54, 1.807) is 0 Å². The van der Waals surface area contributed by atoms with Gasteiger partial charge < -0.3 is 14.3 Å². The zero-order chi connectivity index (χ0) is 16.1. The van der Waals surface area contributed by atoms with E-state index in [2.05, 4.69) is 17.1 Å². The minimum Gasteiger partial charge on any atom is -0.484 e. The van der Waals surface area contributed by atoms with Gasteiger partial charge >= 0.3 is 0 Å². The summed E-state index contributed by atoms with van der Waals surface area (Å²) >= 11 is 0. The van der Waals surface area contributed by atoms with Crippen LogP contribution >= 0.6 is 0 Å². The second kappa shape index (κ2) is 7.11. The van der Waals surface area contributed by atoms with Crippen LogP contribution in [0.3, 0.4) is 0 Å². The lowest BCUT2D eigenvalue weighted by Crippen LogP contribution is -2.12. The van der Waals surface area contributed by atoms with Gasteiger partial charge in [0.05, 0.1) is 6.61 Å². The van der Waals surface area contributed by atoms with Crippen molar-refractivity contribution in [2.75, 3.05) is 0 Å². The van der Waals surface area contributed by atoms with Gasteiger partial charge in [0.1, 0.15) is 23.3 Å². The zero-order valence-corrected chi connectivity index (χ0v) is 13.0. The van der Waals surface area contributed by atoms with Gasteiger partial charge in [0.2, 0.25) is 0 Å². The van der Waals surface area contributed by atoms with E-state index >= 15 is 0 Å². The number of hydrogen-bond acceptors (Lipinski definition) is 4. The highest BCUT2D eigenvalue weighted by atomic mass is 16.5. The SMILES string of the molecule is Cc1ocnc1C(Cc1ccccc1)Oc1ccc(CO)cc1. The second-order valence-electron chi connectivity index (χ2n) is 5.39. The minimum atomic E-state index is -0.226. The third-order valence-corrected chi connectivity index (χ3v) is 3.74. The Kier molecular flexibility index (Phi) is 4.74. The summed E-state index contributed by atoms with van der Waals surface area (Å²) in [4.78, 5) is 4.31. The number of benzene rings is 2. The van der Waals surface area contributed by atoms with E-state index in [0.29, 0.717) is 6.42 Å². The van der Waals surface area contributed by atoms with Crippen molar-refractivity contribution in [2.45, 2.75) is 26.1 Å². The van der Waals surface area contributed by atoms with Crippen LogP contribution in [0, 0.1) is 6.92 Å². The minimum absolute atomic E-state index is 0.0239. The smallest absolute Gasteiger partial charge is 0.181 e. The molecular formula is C19H19NO3. The van der Waals surface area contributed by atoms with Crippen LogP contribution in [0.25, 0.3) is 0 Å². The molecular weight excluding hydrogens is 290 g/mol. The molecule has 1 N–H and O–H groups in total. The monoisotopic (exact) mass is 309 g/mol. The van der Waals surface area contributed by atoms with E-state index in [1.165, 1.54) is 12.0 Å². The fourth-order valence-electron chi connectivity index (χ4n) is 2.48. The Hall–Kier alpha value is -2.59. The fraction of sp³-hybridized carbons (Fsp3) is 0.211. The maximum Gasteiger partial charge on any atom is 0.181 e. The number of aromatic nitrogens is 1. The Balaban J connectivity index is 1.84. The van der Waals surface area contributed by atoms with Crippen molar-refractivity contribution < 1.29 is 14.3 Å². The van der Waals surface area contributed by atoms with Crippen molar-refractivity contribution in [2.24, 2.45) is 0 Å². The normalized spacial score (nSPS) is 12.1. The molecule has 3 aromatic rings. The van der Waals surface area contributed by atoms with Crippen molar-refractivity contribution in [1.82, 2.24) is 4.98 Å². The number of ether oxygens (including phenoxy) is 1. The van der Waals surface area contributed by atoms with Crippen LogP contribution in [-0.2, 0) is 13.0 Å². The Morgan fingerprint density at radius 2 is 1.78 bits per heavy atom. The second-order valence-corrected chi connectivity index (χ2v) is 5.39. The molecule has 0 amide bonds. The summed E-state index contributed by atoms with van der Waals surface area (Å²) in [5.41, 5.74) is 2.83. The molecule has 0 spiro atoms. The first-order chi connectivity index (χ1) is 11.3. The molecule has 0 saturated heterocycles. The maximum atomic E-state index is 9.13. The molecule has 23 heavy (non-hydrogen) atoms. The maximum absolute atomic E-state index is 9.13. The molecule has 0 aliphatic rings. The molecule has 0 bridgehead atoms. The molecule has 0 aliphatic carbocycles. The third-order valence-electron chi connectivity index (χ3n) is 3.74. The molecule has 3 rings (SSSR count). The molecule has 4 nitrogen and oxygen atoms in total. The van der Waals surface area contributed by atoms with Crippen LogP contribution in [0.4, 0.5) is 0 Å². The van der Waals surface area contributed by atoms with Crippen LogP contribution in [0.1, 0.15) is 28.7 Å². The highest BCUT2D eigenvalue weighted by molar-refractivity contribution is 5.28. The first-order valence-electron chi connectivity index (χ1n) is 7.56. The number of rotatable bonds is 6. The van der Waals surface area contributed by atoms with Crippen LogP contribution < -0.4 is 4.74 Å². The topological polar surface area (TPSA) is 55.5 Å². The van der Waals surface area contributed by atoms with Crippen molar-refractivity contribution in [3.63, 3.8) is 0 Å². The van der Waals surface area contributed by atoms with Crippen LogP contribution in [0.5, 0.6) is 5.75 Å². The lowest BCUT2D eigenvalue weighted by molar-refractivity contribution is 0.199. The van der Waals surface area contributed by atoms with E-state index in [0.717, 1.165) is 22.8 Å². The van der Waals surface area contributed by atoms with Crippen LogP contribution in [0.2, 0.25) is 0 Å². The van der Waals surface area contributed by atoms with Gasteiger partial charge in [-0.2, -0.15) is 0 Å².